The summed E-state index contributed by atoms with van der Waals surface area (Å²) >= 11 is 0. The lowest BCUT2D eigenvalue weighted by atomic mass is 10.2. The molecule has 1 aromatic heterocycles. The number of imide groups is 1. The van der Waals surface area contributed by atoms with Crippen LogP contribution in [-0.4, -0.2) is 54.3 Å². The molecule has 1 saturated heterocycles. The topological polar surface area (TPSA) is 92.3 Å². The Balaban J connectivity index is 1.49. The standard InChI is InChI=1S/C26H23F3N4O5/c1-16-23(34)33(19-6-10-21(11-7-19)38-26(27,28)29)25(36)32(16)15-17-12-13-30-22(14-17)24(35)31(2)18-4-8-20(37-3)9-5-18/h4-14,16H,15H2,1-3H3. The van der Waals surface area contributed by atoms with Crippen LogP contribution >= 0.6 is 0 Å². The van der Waals surface area contributed by atoms with Crippen molar-refractivity contribution in [3.8, 4) is 11.5 Å². The van der Waals surface area contributed by atoms with Gasteiger partial charge in [-0.2, -0.15) is 0 Å². The molecule has 3 aromatic rings. The predicted molar refractivity (Wildman–Crippen MR) is 131 cm³/mol. The van der Waals surface area contributed by atoms with Gasteiger partial charge in [0.1, 0.15) is 23.2 Å². The highest BCUT2D eigenvalue weighted by molar-refractivity contribution is 6.21. The van der Waals surface area contributed by atoms with Crippen molar-refractivity contribution in [2.24, 2.45) is 0 Å². The number of benzene rings is 2. The highest BCUT2D eigenvalue weighted by atomic mass is 19.4. The van der Waals surface area contributed by atoms with E-state index in [0.29, 0.717) is 17.0 Å². The van der Waals surface area contributed by atoms with Crippen molar-refractivity contribution in [3.63, 3.8) is 0 Å². The van der Waals surface area contributed by atoms with Crippen LogP contribution in [0.2, 0.25) is 0 Å². The quantitative estimate of drug-likeness (QED) is 0.416. The molecule has 0 radical (unpaired) electrons. The maximum atomic E-state index is 13.1. The van der Waals surface area contributed by atoms with Crippen LogP contribution in [0.25, 0.3) is 0 Å². The molecule has 1 aliphatic rings. The number of ether oxygens (including phenoxy) is 2. The zero-order chi connectivity index (χ0) is 27.6. The number of alkyl halides is 3. The van der Waals surface area contributed by atoms with Crippen molar-refractivity contribution in [2.75, 3.05) is 24.0 Å². The highest BCUT2D eigenvalue weighted by Gasteiger charge is 2.43. The molecule has 2 heterocycles. The summed E-state index contributed by atoms with van der Waals surface area (Å²) in [7, 11) is 3.15. The maximum Gasteiger partial charge on any atom is 0.573 e. The number of rotatable bonds is 7. The normalized spacial score (nSPS) is 15.6. The minimum atomic E-state index is -4.86. The number of carbonyl (C=O) groups is 3. The molecule has 1 atom stereocenters. The molecule has 4 amide bonds. The first-order chi connectivity index (χ1) is 18.0. The Morgan fingerprint density at radius 1 is 1.03 bits per heavy atom. The van der Waals surface area contributed by atoms with Crippen molar-refractivity contribution < 1.29 is 37.0 Å². The van der Waals surface area contributed by atoms with Gasteiger partial charge in [0, 0.05) is 25.5 Å². The van der Waals surface area contributed by atoms with Gasteiger partial charge in [0.2, 0.25) is 0 Å². The van der Waals surface area contributed by atoms with Gasteiger partial charge in [-0.3, -0.25) is 14.6 Å². The van der Waals surface area contributed by atoms with Gasteiger partial charge in [0.15, 0.2) is 0 Å². The third-order valence-corrected chi connectivity index (χ3v) is 5.97. The number of halogens is 3. The van der Waals surface area contributed by atoms with Crippen molar-refractivity contribution in [1.29, 1.82) is 0 Å². The Kier molecular flexibility index (Phi) is 7.24. The number of amides is 4. The molecule has 198 valence electrons. The smallest absolute Gasteiger partial charge is 0.497 e. The fourth-order valence-electron chi connectivity index (χ4n) is 3.93. The van der Waals surface area contributed by atoms with Gasteiger partial charge >= 0.3 is 12.4 Å². The molecule has 38 heavy (non-hydrogen) atoms. The molecule has 12 heteroatoms. The maximum absolute atomic E-state index is 13.1. The van der Waals surface area contributed by atoms with Gasteiger partial charge in [-0.25, -0.2) is 9.69 Å². The summed E-state index contributed by atoms with van der Waals surface area (Å²) in [6.45, 7) is 1.55. The summed E-state index contributed by atoms with van der Waals surface area (Å²) in [6, 6.07) is 13.0. The van der Waals surface area contributed by atoms with Crippen molar-refractivity contribution >= 4 is 29.2 Å². The lowest BCUT2D eigenvalue weighted by Crippen LogP contribution is -2.33. The molecule has 0 spiro atoms. The van der Waals surface area contributed by atoms with Crippen LogP contribution in [0, 0.1) is 0 Å². The van der Waals surface area contributed by atoms with Gasteiger partial charge in [-0.1, -0.05) is 0 Å². The zero-order valence-electron chi connectivity index (χ0n) is 20.6. The number of carbonyl (C=O) groups excluding carboxylic acids is 3. The molecular weight excluding hydrogens is 505 g/mol. The number of aromatic nitrogens is 1. The minimum Gasteiger partial charge on any atom is -0.497 e. The Bertz CT molecular complexity index is 1350. The van der Waals surface area contributed by atoms with Crippen molar-refractivity contribution in [2.45, 2.75) is 25.9 Å². The monoisotopic (exact) mass is 528 g/mol. The van der Waals surface area contributed by atoms with Crippen molar-refractivity contribution in [3.05, 3.63) is 78.1 Å². The average Bonchev–Trinajstić information content (AvgIpc) is 3.10. The fourth-order valence-corrected chi connectivity index (χ4v) is 3.93. The summed E-state index contributed by atoms with van der Waals surface area (Å²) in [6.07, 6.45) is -3.42. The molecule has 0 aliphatic carbocycles. The van der Waals surface area contributed by atoms with Crippen LogP contribution in [0.15, 0.2) is 66.9 Å². The fraction of sp³-hybridized carbons (Fsp3) is 0.231. The van der Waals surface area contributed by atoms with Gasteiger partial charge in [-0.15, -0.1) is 13.2 Å². The number of urea groups is 1. The first-order valence-corrected chi connectivity index (χ1v) is 11.4. The zero-order valence-corrected chi connectivity index (χ0v) is 20.6. The van der Waals surface area contributed by atoms with E-state index in [-0.39, 0.29) is 23.8 Å². The Labute approximate surface area is 216 Å². The van der Waals surface area contributed by atoms with Gasteiger partial charge in [0.25, 0.3) is 11.8 Å². The molecular formula is C26H23F3N4O5. The van der Waals surface area contributed by atoms with Crippen molar-refractivity contribution in [1.82, 2.24) is 9.88 Å². The Hall–Kier alpha value is -4.61. The van der Waals surface area contributed by atoms with Gasteiger partial charge < -0.3 is 19.3 Å². The summed E-state index contributed by atoms with van der Waals surface area (Å²) in [5, 5.41) is 0. The summed E-state index contributed by atoms with van der Waals surface area (Å²) in [5.41, 5.74) is 1.44. The molecule has 1 unspecified atom stereocenters. The molecule has 2 aromatic carbocycles. The molecule has 4 rings (SSSR count). The highest BCUT2D eigenvalue weighted by Crippen LogP contribution is 2.30. The first kappa shape index (κ1) is 26.5. The second-order valence-corrected chi connectivity index (χ2v) is 8.41. The molecule has 9 nitrogen and oxygen atoms in total. The summed E-state index contributed by atoms with van der Waals surface area (Å²) in [4.78, 5) is 46.8. The number of hydrogen-bond donors (Lipinski definition) is 0. The largest absolute Gasteiger partial charge is 0.573 e. The van der Waals surface area contributed by atoms with E-state index in [1.54, 1.807) is 57.5 Å². The number of pyridine rings is 1. The lowest BCUT2D eigenvalue weighted by molar-refractivity contribution is -0.274. The first-order valence-electron chi connectivity index (χ1n) is 11.4. The molecule has 1 fully saturated rings. The summed E-state index contributed by atoms with van der Waals surface area (Å²) < 4.78 is 46.3. The molecule has 1 aliphatic heterocycles. The number of anilines is 2. The number of nitrogens with zero attached hydrogens (tertiary/aromatic N) is 4. The number of methoxy groups -OCH3 is 1. The second-order valence-electron chi connectivity index (χ2n) is 8.41. The van der Waals surface area contributed by atoms with E-state index in [1.807, 2.05) is 0 Å². The van der Waals surface area contributed by atoms with E-state index < -0.39 is 30.1 Å². The minimum absolute atomic E-state index is 0.00651. The average molecular weight is 528 g/mol. The Morgan fingerprint density at radius 3 is 2.26 bits per heavy atom. The molecule has 0 N–H and O–H groups in total. The third kappa shape index (κ3) is 5.53. The van der Waals surface area contributed by atoms with E-state index in [0.717, 1.165) is 17.0 Å². The van der Waals surface area contributed by atoms with E-state index in [1.165, 1.54) is 28.1 Å². The van der Waals surface area contributed by atoms with Gasteiger partial charge in [0.05, 0.1) is 12.8 Å². The number of hydrogen-bond acceptors (Lipinski definition) is 6. The van der Waals surface area contributed by atoms with Crippen LogP contribution in [0.3, 0.4) is 0 Å². The molecule has 0 saturated carbocycles. The van der Waals surface area contributed by atoms with Crippen LogP contribution in [0.1, 0.15) is 23.0 Å². The lowest BCUT2D eigenvalue weighted by Gasteiger charge is -2.20. The van der Waals surface area contributed by atoms with Crippen LogP contribution in [0.5, 0.6) is 11.5 Å². The van der Waals surface area contributed by atoms with Crippen LogP contribution < -0.4 is 19.3 Å². The van der Waals surface area contributed by atoms with Crippen LogP contribution in [0.4, 0.5) is 29.3 Å². The van der Waals surface area contributed by atoms with Crippen LogP contribution in [-0.2, 0) is 11.3 Å². The van der Waals surface area contributed by atoms with Gasteiger partial charge in [-0.05, 0) is 73.2 Å². The third-order valence-electron chi connectivity index (χ3n) is 5.97. The van der Waals surface area contributed by atoms with E-state index in [2.05, 4.69) is 9.72 Å². The molecule has 0 bridgehead atoms. The van der Waals surface area contributed by atoms with E-state index >= 15 is 0 Å². The summed E-state index contributed by atoms with van der Waals surface area (Å²) in [5.74, 6) is -0.743. The predicted octanol–water partition coefficient (Wildman–Crippen LogP) is 4.62. The SMILES string of the molecule is COc1ccc(N(C)C(=O)c2cc(CN3C(=O)N(c4ccc(OC(F)(F)F)cc4)C(=O)C3C)ccn2)cc1. The van der Waals surface area contributed by atoms with E-state index in [4.69, 9.17) is 4.74 Å². The second kappa shape index (κ2) is 10.4. The Morgan fingerprint density at radius 2 is 1.66 bits per heavy atom. The van der Waals surface area contributed by atoms with E-state index in [9.17, 15) is 27.6 Å².